The van der Waals surface area contributed by atoms with Crippen LogP contribution in [0, 0.1) is 0 Å². The molecule has 0 aromatic carbocycles. The van der Waals surface area contributed by atoms with Crippen LogP contribution >= 0.6 is 7.82 Å². The normalized spacial score (nSPS) is 14.0. The summed E-state index contributed by atoms with van der Waals surface area (Å²) in [5.74, 6) is -1.51. The summed E-state index contributed by atoms with van der Waals surface area (Å²) in [4.78, 5) is 48.4. The second-order valence-electron chi connectivity index (χ2n) is 18.4. The number of hydrogen-bond acceptors (Lipinski definition) is 10. The van der Waals surface area contributed by atoms with Crippen LogP contribution in [0.15, 0.2) is 72.9 Å². The highest BCUT2D eigenvalue weighted by molar-refractivity contribution is 7.47. The number of phosphoric acid groups is 1. The predicted octanol–water partition coefficient (Wildman–Crippen LogP) is 16.1. The standard InChI is InChI=1S/C58H101O11P/c1-4-7-10-13-16-19-22-25-27-30-32-35-38-41-44-47-56(60)65-51-55(69-58(62)49-46-43-40-37-34-31-28-26-23-20-17-14-11-8-5-2)53-67-70(63,64)66-52-54(50-59)68-57(61)48-45-42-39-36-33-29-24-21-18-15-12-9-6-3/h12,15-17,19-21,24-28,54-55,59H,4-11,13-14,18,22-23,29-53H2,1-3H3,(H,63,64)/b15-12-,19-16-,20-17-,24-21-,27-25-,28-26-. The number of hydrogen-bond donors (Lipinski definition) is 2. The quantitative estimate of drug-likeness (QED) is 0.0197. The van der Waals surface area contributed by atoms with Crippen molar-refractivity contribution in [2.75, 3.05) is 26.4 Å². The zero-order valence-corrected chi connectivity index (χ0v) is 45.4. The van der Waals surface area contributed by atoms with Gasteiger partial charge in [-0.05, 0) is 109 Å². The van der Waals surface area contributed by atoms with Crippen molar-refractivity contribution in [1.29, 1.82) is 0 Å². The van der Waals surface area contributed by atoms with E-state index in [0.717, 1.165) is 141 Å². The van der Waals surface area contributed by atoms with Crippen LogP contribution in [0.25, 0.3) is 0 Å². The Morgan fingerprint density at radius 3 is 1.11 bits per heavy atom. The summed E-state index contributed by atoms with van der Waals surface area (Å²) < 4.78 is 39.4. The molecular formula is C58H101O11P. The highest BCUT2D eigenvalue weighted by Gasteiger charge is 2.28. The van der Waals surface area contributed by atoms with Gasteiger partial charge in [-0.15, -0.1) is 0 Å². The van der Waals surface area contributed by atoms with Crippen LogP contribution < -0.4 is 0 Å². The minimum atomic E-state index is -4.76. The zero-order valence-electron chi connectivity index (χ0n) is 44.5. The molecular weight excluding hydrogens is 904 g/mol. The molecule has 3 unspecified atom stereocenters. The van der Waals surface area contributed by atoms with Gasteiger partial charge in [0, 0.05) is 19.3 Å². The summed E-state index contributed by atoms with van der Waals surface area (Å²) in [6, 6.07) is 0. The fourth-order valence-electron chi connectivity index (χ4n) is 7.28. The van der Waals surface area contributed by atoms with Crippen LogP contribution in [0.2, 0.25) is 0 Å². The summed E-state index contributed by atoms with van der Waals surface area (Å²) in [5, 5.41) is 9.79. The van der Waals surface area contributed by atoms with Crippen molar-refractivity contribution in [1.82, 2.24) is 0 Å². The van der Waals surface area contributed by atoms with E-state index in [9.17, 15) is 28.9 Å². The first-order chi connectivity index (χ1) is 34.2. The third kappa shape index (κ3) is 49.9. The number of phosphoric ester groups is 1. The second kappa shape index (κ2) is 52.2. The predicted molar refractivity (Wildman–Crippen MR) is 288 cm³/mol. The van der Waals surface area contributed by atoms with E-state index in [0.29, 0.717) is 19.3 Å². The number of unbranched alkanes of at least 4 members (excludes halogenated alkanes) is 22. The summed E-state index contributed by atoms with van der Waals surface area (Å²) in [5.41, 5.74) is 0. The number of aliphatic hydroxyl groups excluding tert-OH is 1. The molecule has 404 valence electrons. The van der Waals surface area contributed by atoms with Crippen molar-refractivity contribution in [2.24, 2.45) is 0 Å². The van der Waals surface area contributed by atoms with E-state index in [4.69, 9.17) is 23.3 Å². The van der Waals surface area contributed by atoms with Gasteiger partial charge >= 0.3 is 25.7 Å². The molecule has 0 bridgehead atoms. The maximum absolute atomic E-state index is 12.9. The van der Waals surface area contributed by atoms with Crippen LogP contribution in [-0.4, -0.2) is 66.5 Å². The largest absolute Gasteiger partial charge is 0.472 e. The van der Waals surface area contributed by atoms with Gasteiger partial charge in [0.05, 0.1) is 19.8 Å². The minimum absolute atomic E-state index is 0.146. The topological polar surface area (TPSA) is 155 Å². The Bertz CT molecular complexity index is 1450. The van der Waals surface area contributed by atoms with Crippen LogP contribution in [0.1, 0.15) is 239 Å². The molecule has 2 N–H and O–H groups in total. The molecule has 0 spiro atoms. The molecule has 0 aromatic rings. The van der Waals surface area contributed by atoms with Crippen molar-refractivity contribution in [3.8, 4) is 0 Å². The van der Waals surface area contributed by atoms with Crippen molar-refractivity contribution in [3.05, 3.63) is 72.9 Å². The fraction of sp³-hybridized carbons (Fsp3) is 0.741. The zero-order chi connectivity index (χ0) is 51.3. The lowest BCUT2D eigenvalue weighted by molar-refractivity contribution is -0.161. The van der Waals surface area contributed by atoms with E-state index >= 15 is 0 Å². The maximum Gasteiger partial charge on any atom is 0.472 e. The van der Waals surface area contributed by atoms with E-state index < -0.39 is 57.8 Å². The molecule has 0 aliphatic heterocycles. The molecule has 0 rings (SSSR count). The molecule has 0 saturated heterocycles. The molecule has 0 saturated carbocycles. The number of aliphatic hydroxyl groups is 1. The van der Waals surface area contributed by atoms with Gasteiger partial charge in [-0.3, -0.25) is 23.4 Å². The first-order valence-electron chi connectivity index (χ1n) is 27.8. The molecule has 0 heterocycles. The Hall–Kier alpha value is -3.08. The van der Waals surface area contributed by atoms with Crippen LogP contribution in [0.3, 0.4) is 0 Å². The summed E-state index contributed by atoms with van der Waals surface area (Å²) in [7, 11) is -4.76. The Morgan fingerprint density at radius 2 is 0.729 bits per heavy atom. The SMILES string of the molecule is CCC/C=C\C/C=C\CCCCCCCC(=O)OC(CO)COP(=O)(O)OCC(COC(=O)CCCCCCC/C=C\C/C=C\CCCCC)OC(=O)CCCCCCC/C=C\C/C=C\CCCCC. The Labute approximate surface area is 427 Å². The van der Waals surface area contributed by atoms with Gasteiger partial charge in [-0.2, -0.15) is 0 Å². The van der Waals surface area contributed by atoms with Crippen molar-refractivity contribution < 1.29 is 52.2 Å². The molecule has 12 heteroatoms. The van der Waals surface area contributed by atoms with E-state index in [1.54, 1.807) is 0 Å². The Balaban J connectivity index is 4.79. The number of esters is 3. The monoisotopic (exact) mass is 1000 g/mol. The summed E-state index contributed by atoms with van der Waals surface area (Å²) >= 11 is 0. The van der Waals surface area contributed by atoms with Gasteiger partial charge in [0.15, 0.2) is 6.10 Å². The fourth-order valence-corrected chi connectivity index (χ4v) is 8.06. The number of carbonyl (C=O) groups is 3. The average molecular weight is 1010 g/mol. The van der Waals surface area contributed by atoms with Gasteiger partial charge in [-0.25, -0.2) is 4.57 Å². The summed E-state index contributed by atoms with van der Waals surface area (Å²) in [6.07, 6.45) is 57.1. The lowest BCUT2D eigenvalue weighted by atomic mass is 10.1. The van der Waals surface area contributed by atoms with Gasteiger partial charge < -0.3 is 24.2 Å². The van der Waals surface area contributed by atoms with E-state index in [1.165, 1.54) is 38.5 Å². The molecule has 0 aromatic heterocycles. The molecule has 3 atom stereocenters. The number of carbonyl (C=O) groups excluding carboxylic acids is 3. The Kier molecular flexibility index (Phi) is 50.0. The van der Waals surface area contributed by atoms with Gasteiger partial charge in [-0.1, -0.05) is 184 Å². The highest BCUT2D eigenvalue weighted by Crippen LogP contribution is 2.43. The third-order valence-electron chi connectivity index (χ3n) is 11.6. The van der Waals surface area contributed by atoms with Crippen LogP contribution in [-0.2, 0) is 42.2 Å². The third-order valence-corrected chi connectivity index (χ3v) is 12.5. The maximum atomic E-state index is 12.9. The number of allylic oxidation sites excluding steroid dienone is 12. The first-order valence-corrected chi connectivity index (χ1v) is 29.3. The number of rotatable bonds is 51. The molecule has 11 nitrogen and oxygen atoms in total. The number of ether oxygens (including phenoxy) is 3. The Morgan fingerprint density at radius 1 is 0.400 bits per heavy atom. The average Bonchev–Trinajstić information content (AvgIpc) is 3.35. The van der Waals surface area contributed by atoms with Gasteiger partial charge in [0.25, 0.3) is 0 Å². The smallest absolute Gasteiger partial charge is 0.462 e. The van der Waals surface area contributed by atoms with Crippen molar-refractivity contribution >= 4 is 25.7 Å². The van der Waals surface area contributed by atoms with Crippen LogP contribution in [0.5, 0.6) is 0 Å². The van der Waals surface area contributed by atoms with Gasteiger partial charge in [0.1, 0.15) is 12.7 Å². The van der Waals surface area contributed by atoms with E-state index in [2.05, 4.69) is 93.7 Å². The van der Waals surface area contributed by atoms with E-state index in [-0.39, 0.29) is 25.9 Å². The lowest BCUT2D eigenvalue weighted by Crippen LogP contribution is -2.30. The van der Waals surface area contributed by atoms with Gasteiger partial charge in [0.2, 0.25) is 0 Å². The van der Waals surface area contributed by atoms with Crippen molar-refractivity contribution in [3.63, 3.8) is 0 Å². The molecule has 0 aliphatic rings. The van der Waals surface area contributed by atoms with E-state index in [1.807, 2.05) is 0 Å². The highest BCUT2D eigenvalue weighted by atomic mass is 31.2. The second-order valence-corrected chi connectivity index (χ2v) is 19.8. The molecule has 0 radical (unpaired) electrons. The summed E-state index contributed by atoms with van der Waals surface area (Å²) in [6.45, 7) is 4.48. The minimum Gasteiger partial charge on any atom is -0.462 e. The molecule has 0 fully saturated rings. The molecule has 70 heavy (non-hydrogen) atoms. The molecule has 0 aliphatic carbocycles. The lowest BCUT2D eigenvalue weighted by Gasteiger charge is -2.21. The van der Waals surface area contributed by atoms with Crippen LogP contribution in [0.4, 0.5) is 0 Å². The molecule has 0 amide bonds. The van der Waals surface area contributed by atoms with Crippen molar-refractivity contribution in [2.45, 2.75) is 251 Å². The first kappa shape index (κ1) is 66.9.